The van der Waals surface area contributed by atoms with Gasteiger partial charge in [0.1, 0.15) is 5.82 Å². The van der Waals surface area contributed by atoms with E-state index in [1.807, 2.05) is 0 Å². The fourth-order valence-corrected chi connectivity index (χ4v) is 5.56. The molecule has 0 amide bonds. The molecule has 2 heterocycles. The van der Waals surface area contributed by atoms with Gasteiger partial charge in [0, 0.05) is 12.0 Å². The van der Waals surface area contributed by atoms with Gasteiger partial charge in [0.15, 0.2) is 0 Å². The minimum absolute atomic E-state index is 0.0523. The second kappa shape index (κ2) is 14.7. The molecule has 2 aromatic rings. The van der Waals surface area contributed by atoms with Crippen molar-refractivity contribution in [1.82, 2.24) is 9.55 Å². The second-order valence-electron chi connectivity index (χ2n) is 14.4. The molecule has 1 aliphatic heterocycles. The average molecular weight is 513 g/mol. The van der Waals surface area contributed by atoms with E-state index < -0.39 is 0 Å². The molecule has 0 N–H and O–H groups in total. The summed E-state index contributed by atoms with van der Waals surface area (Å²) in [6.45, 7) is 26.0. The largest absolute Gasteiger partial charge is 0.376 e. The Morgan fingerprint density at radius 2 is 1.51 bits per heavy atom. The van der Waals surface area contributed by atoms with Gasteiger partial charge < -0.3 is 9.30 Å². The van der Waals surface area contributed by atoms with E-state index in [1.54, 1.807) is 25.7 Å². The summed E-state index contributed by atoms with van der Waals surface area (Å²) in [4.78, 5) is 4.84. The van der Waals surface area contributed by atoms with Gasteiger partial charge in [-0.2, -0.15) is 0 Å². The maximum atomic E-state index is 5.60. The molecule has 0 spiro atoms. The summed E-state index contributed by atoms with van der Waals surface area (Å²) >= 11 is 0. The number of aromatic nitrogens is 2. The Morgan fingerprint density at radius 3 is 2.05 bits per heavy atom. The molecular formula is C34H60N2O. The SMILES string of the molecule is CC(C)C.CC(C)C.CC1CCC2CCCC2C1.Cc1ccc2nc(C(C)(C)C)n(C[C@@H]3CCO3)c2c1. The highest BCUT2D eigenvalue weighted by Gasteiger charge is 2.32. The molecule has 2 aliphatic carbocycles. The van der Waals surface area contributed by atoms with Crippen molar-refractivity contribution >= 4 is 11.0 Å². The zero-order chi connectivity index (χ0) is 27.8. The number of rotatable bonds is 2. The third-order valence-corrected chi connectivity index (χ3v) is 7.31. The molecule has 1 aromatic heterocycles. The highest BCUT2D eigenvalue weighted by atomic mass is 16.5. The zero-order valence-corrected chi connectivity index (χ0v) is 26.4. The first kappa shape index (κ1) is 31.9. The number of fused-ring (bicyclic) bond motifs is 2. The summed E-state index contributed by atoms with van der Waals surface area (Å²) in [5.41, 5.74) is 3.66. The van der Waals surface area contributed by atoms with Crippen LogP contribution in [0.2, 0.25) is 0 Å². The fraction of sp³-hybridized carbons (Fsp3) is 0.794. The van der Waals surface area contributed by atoms with Crippen LogP contribution in [0.4, 0.5) is 0 Å². The fourth-order valence-electron chi connectivity index (χ4n) is 5.56. The normalized spacial score (nSPS) is 24.8. The van der Waals surface area contributed by atoms with Crippen LogP contribution in [-0.4, -0.2) is 22.3 Å². The summed E-state index contributed by atoms with van der Waals surface area (Å²) in [5.74, 6) is 6.16. The molecule has 3 fully saturated rings. The Morgan fingerprint density at radius 1 is 0.919 bits per heavy atom. The van der Waals surface area contributed by atoms with Gasteiger partial charge in [0.2, 0.25) is 0 Å². The van der Waals surface area contributed by atoms with Crippen LogP contribution in [0.1, 0.15) is 126 Å². The molecular weight excluding hydrogens is 452 g/mol. The topological polar surface area (TPSA) is 27.1 Å². The van der Waals surface area contributed by atoms with Gasteiger partial charge in [-0.05, 0) is 73.5 Å². The van der Waals surface area contributed by atoms with E-state index in [0.29, 0.717) is 6.10 Å². The molecule has 0 radical (unpaired) electrons. The Kier molecular flexibility index (Phi) is 12.7. The van der Waals surface area contributed by atoms with E-state index in [9.17, 15) is 0 Å². The van der Waals surface area contributed by atoms with Gasteiger partial charge in [-0.15, -0.1) is 0 Å². The number of hydrogen-bond donors (Lipinski definition) is 0. The Hall–Kier alpha value is -1.35. The predicted molar refractivity (Wildman–Crippen MR) is 162 cm³/mol. The lowest BCUT2D eigenvalue weighted by molar-refractivity contribution is -0.0592. The van der Waals surface area contributed by atoms with Gasteiger partial charge in [0.25, 0.3) is 0 Å². The standard InChI is InChI=1S/C16H22N2O.C10H18.2C4H10/c1-11-5-6-13-14(9-11)18(10-12-7-8-19-12)15(17-13)16(2,3)4;1-8-5-6-9-3-2-4-10(9)7-8;2*1-4(2)3/h5-6,9,12H,7-8,10H2,1-4H3;8-10H,2-7H2,1H3;2*4H,1-3H3/t12-;;;/m0.../s1. The Labute approximate surface area is 230 Å². The highest BCUT2D eigenvalue weighted by molar-refractivity contribution is 5.77. The van der Waals surface area contributed by atoms with Crippen LogP contribution in [0.3, 0.4) is 0 Å². The molecule has 2 saturated carbocycles. The lowest BCUT2D eigenvalue weighted by Crippen LogP contribution is -2.33. The third kappa shape index (κ3) is 10.7. The van der Waals surface area contributed by atoms with E-state index >= 15 is 0 Å². The van der Waals surface area contributed by atoms with Crippen molar-refractivity contribution in [3.8, 4) is 0 Å². The summed E-state index contributed by atoms with van der Waals surface area (Å²) in [6.07, 6.45) is 10.8. The molecule has 3 nitrogen and oxygen atoms in total. The maximum Gasteiger partial charge on any atom is 0.115 e. The quantitative estimate of drug-likeness (QED) is 0.400. The molecule has 5 rings (SSSR count). The van der Waals surface area contributed by atoms with Crippen LogP contribution in [0.15, 0.2) is 18.2 Å². The molecule has 3 unspecified atom stereocenters. The third-order valence-electron chi connectivity index (χ3n) is 7.31. The second-order valence-corrected chi connectivity index (χ2v) is 14.4. The van der Waals surface area contributed by atoms with Crippen LogP contribution >= 0.6 is 0 Å². The van der Waals surface area contributed by atoms with E-state index in [-0.39, 0.29) is 5.41 Å². The molecule has 0 bridgehead atoms. The number of aryl methyl sites for hydroxylation is 1. The van der Waals surface area contributed by atoms with E-state index in [4.69, 9.17) is 9.72 Å². The van der Waals surface area contributed by atoms with Crippen LogP contribution < -0.4 is 0 Å². The number of nitrogens with zero attached hydrogens (tertiary/aromatic N) is 2. The molecule has 37 heavy (non-hydrogen) atoms. The van der Waals surface area contributed by atoms with Crippen molar-refractivity contribution in [3.63, 3.8) is 0 Å². The number of benzene rings is 1. The van der Waals surface area contributed by atoms with E-state index in [1.165, 1.54) is 23.9 Å². The minimum atomic E-state index is 0.0523. The first-order chi connectivity index (χ1) is 17.3. The molecule has 4 atom stereocenters. The Bertz CT molecular complexity index is 904. The molecule has 3 heteroatoms. The zero-order valence-electron chi connectivity index (χ0n) is 26.4. The van der Waals surface area contributed by atoms with E-state index in [0.717, 1.165) is 60.5 Å². The summed E-state index contributed by atoms with van der Waals surface area (Å²) in [7, 11) is 0. The lowest BCUT2D eigenvalue weighted by atomic mass is 9.77. The van der Waals surface area contributed by atoms with Crippen molar-refractivity contribution in [1.29, 1.82) is 0 Å². The number of ether oxygens (including phenoxy) is 1. The monoisotopic (exact) mass is 512 g/mol. The van der Waals surface area contributed by atoms with Crippen molar-refractivity contribution in [3.05, 3.63) is 29.6 Å². The van der Waals surface area contributed by atoms with Crippen LogP contribution in [-0.2, 0) is 16.7 Å². The van der Waals surface area contributed by atoms with Crippen LogP contribution in [0, 0.1) is 36.5 Å². The highest BCUT2D eigenvalue weighted by Crippen LogP contribution is 2.43. The van der Waals surface area contributed by atoms with Gasteiger partial charge in [-0.3, -0.25) is 0 Å². The van der Waals surface area contributed by atoms with Crippen LogP contribution in [0.5, 0.6) is 0 Å². The number of hydrogen-bond acceptors (Lipinski definition) is 2. The van der Waals surface area contributed by atoms with Crippen molar-refractivity contribution < 1.29 is 4.74 Å². The Balaban J connectivity index is 0.000000222. The van der Waals surface area contributed by atoms with Gasteiger partial charge in [0.05, 0.1) is 23.7 Å². The van der Waals surface area contributed by atoms with Gasteiger partial charge in [-0.25, -0.2) is 4.98 Å². The smallest absolute Gasteiger partial charge is 0.115 e. The minimum Gasteiger partial charge on any atom is -0.376 e. The summed E-state index contributed by atoms with van der Waals surface area (Å²) in [5, 5.41) is 0. The van der Waals surface area contributed by atoms with Gasteiger partial charge in [-0.1, -0.05) is 101 Å². The average Bonchev–Trinajstić information content (AvgIpc) is 3.34. The number of imidazole rings is 1. The predicted octanol–water partition coefficient (Wildman–Crippen LogP) is 9.98. The molecule has 1 saturated heterocycles. The molecule has 1 aromatic carbocycles. The summed E-state index contributed by atoms with van der Waals surface area (Å²) < 4.78 is 7.96. The first-order valence-electron chi connectivity index (χ1n) is 15.4. The van der Waals surface area contributed by atoms with Crippen molar-refractivity contribution in [2.24, 2.45) is 29.6 Å². The molecule has 212 valence electrons. The summed E-state index contributed by atoms with van der Waals surface area (Å²) in [6, 6.07) is 6.49. The first-order valence-corrected chi connectivity index (χ1v) is 15.4. The van der Waals surface area contributed by atoms with E-state index in [2.05, 4.69) is 98.9 Å². The molecule has 3 aliphatic rings. The van der Waals surface area contributed by atoms with Crippen molar-refractivity contribution in [2.75, 3.05) is 6.61 Å². The van der Waals surface area contributed by atoms with Crippen LogP contribution in [0.25, 0.3) is 11.0 Å². The maximum absolute atomic E-state index is 5.60. The van der Waals surface area contributed by atoms with Crippen molar-refractivity contribution in [2.45, 2.75) is 139 Å². The lowest BCUT2D eigenvalue weighted by Gasteiger charge is -2.29. The van der Waals surface area contributed by atoms with Gasteiger partial charge >= 0.3 is 0 Å².